The van der Waals surface area contributed by atoms with Gasteiger partial charge in [0.1, 0.15) is 6.61 Å². The lowest BCUT2D eigenvalue weighted by atomic mass is 10.0. The van der Waals surface area contributed by atoms with Gasteiger partial charge < -0.3 is 20.3 Å². The Bertz CT molecular complexity index is 589. The van der Waals surface area contributed by atoms with Crippen LogP contribution in [0.3, 0.4) is 0 Å². The first kappa shape index (κ1) is 20.2. The topological polar surface area (TPSA) is 75.9 Å². The third-order valence-corrected chi connectivity index (χ3v) is 4.77. The molecule has 1 aliphatic heterocycles. The van der Waals surface area contributed by atoms with Crippen LogP contribution in [0, 0.1) is 0 Å². The van der Waals surface area contributed by atoms with Crippen molar-refractivity contribution in [2.24, 2.45) is 5.73 Å². The fourth-order valence-electron chi connectivity index (χ4n) is 3.28. The van der Waals surface area contributed by atoms with Crippen LogP contribution in [-0.4, -0.2) is 53.0 Å². The summed E-state index contributed by atoms with van der Waals surface area (Å²) in [6.45, 7) is 7.07. The second-order valence-electron chi connectivity index (χ2n) is 7.26. The lowest BCUT2D eigenvalue weighted by Gasteiger charge is -2.39. The van der Waals surface area contributed by atoms with E-state index in [-0.39, 0.29) is 30.7 Å². The van der Waals surface area contributed by atoms with Gasteiger partial charge in [0, 0.05) is 19.1 Å². The predicted molar refractivity (Wildman–Crippen MR) is 101 cm³/mol. The Morgan fingerprint density at radius 1 is 1.23 bits per heavy atom. The Morgan fingerprint density at radius 3 is 2.54 bits per heavy atom. The molecule has 1 heterocycles. The number of carbonyl (C=O) groups excluding carboxylic acids is 2. The van der Waals surface area contributed by atoms with Crippen molar-refractivity contribution in [3.8, 4) is 0 Å². The van der Waals surface area contributed by atoms with Crippen LogP contribution < -0.4 is 5.73 Å². The molecule has 2 atom stereocenters. The molecule has 1 aliphatic rings. The van der Waals surface area contributed by atoms with Gasteiger partial charge in [-0.2, -0.15) is 0 Å². The van der Waals surface area contributed by atoms with Crippen LogP contribution in [0.5, 0.6) is 0 Å². The molecule has 1 fully saturated rings. The number of nitrogens with two attached hydrogens (primary N) is 1. The molecule has 6 nitrogen and oxygen atoms in total. The molecule has 0 bridgehead atoms. The SMILES string of the molecule is CC(C)N(CC1CCCCN1C(=O)OCc1ccccc1)C(=O)[C@H](C)N. The lowest BCUT2D eigenvalue weighted by Crippen LogP contribution is -2.54. The highest BCUT2D eigenvalue weighted by molar-refractivity contribution is 5.81. The predicted octanol–water partition coefficient (Wildman–Crippen LogP) is 2.76. The fraction of sp³-hybridized carbons (Fsp3) is 0.600. The first-order valence-corrected chi connectivity index (χ1v) is 9.43. The van der Waals surface area contributed by atoms with E-state index in [1.54, 1.807) is 16.7 Å². The van der Waals surface area contributed by atoms with Crippen LogP contribution >= 0.6 is 0 Å². The number of rotatable bonds is 6. The second kappa shape index (κ2) is 9.57. The van der Waals surface area contributed by atoms with Gasteiger partial charge in [0.15, 0.2) is 0 Å². The normalized spacial score (nSPS) is 18.5. The third kappa shape index (κ3) is 5.46. The highest BCUT2D eigenvalue weighted by Gasteiger charge is 2.32. The Morgan fingerprint density at radius 2 is 1.92 bits per heavy atom. The van der Waals surface area contributed by atoms with E-state index in [0.29, 0.717) is 13.1 Å². The van der Waals surface area contributed by atoms with Gasteiger partial charge in [-0.25, -0.2) is 4.79 Å². The Labute approximate surface area is 156 Å². The second-order valence-corrected chi connectivity index (χ2v) is 7.26. The Hall–Kier alpha value is -2.08. The molecule has 2 rings (SSSR count). The van der Waals surface area contributed by atoms with E-state index < -0.39 is 6.04 Å². The number of nitrogens with zero attached hydrogens (tertiary/aromatic N) is 2. The van der Waals surface area contributed by atoms with E-state index in [4.69, 9.17) is 10.5 Å². The zero-order valence-corrected chi connectivity index (χ0v) is 16.1. The monoisotopic (exact) mass is 361 g/mol. The van der Waals surface area contributed by atoms with Crippen molar-refractivity contribution in [2.45, 2.75) is 64.8 Å². The number of ether oxygens (including phenoxy) is 1. The number of piperidine rings is 1. The summed E-state index contributed by atoms with van der Waals surface area (Å²) in [4.78, 5) is 28.6. The summed E-state index contributed by atoms with van der Waals surface area (Å²) in [5.41, 5.74) is 6.75. The van der Waals surface area contributed by atoms with Gasteiger partial charge in [0.25, 0.3) is 0 Å². The van der Waals surface area contributed by atoms with E-state index >= 15 is 0 Å². The molecule has 1 unspecified atom stereocenters. The molecule has 26 heavy (non-hydrogen) atoms. The molecule has 0 spiro atoms. The number of hydrogen-bond acceptors (Lipinski definition) is 4. The van der Waals surface area contributed by atoms with Gasteiger partial charge in [-0.05, 0) is 45.6 Å². The average molecular weight is 361 g/mol. The van der Waals surface area contributed by atoms with Crippen molar-refractivity contribution in [1.82, 2.24) is 9.80 Å². The Balaban J connectivity index is 2.01. The molecule has 2 N–H and O–H groups in total. The summed E-state index contributed by atoms with van der Waals surface area (Å²) in [7, 11) is 0. The summed E-state index contributed by atoms with van der Waals surface area (Å²) in [5.74, 6) is -0.0804. The maximum atomic E-state index is 12.6. The Kier molecular flexibility index (Phi) is 7.45. The zero-order valence-electron chi connectivity index (χ0n) is 16.1. The molecule has 1 aromatic carbocycles. The molecule has 2 amide bonds. The van der Waals surface area contributed by atoms with Crippen LogP contribution in [0.2, 0.25) is 0 Å². The van der Waals surface area contributed by atoms with Gasteiger partial charge in [0.05, 0.1) is 12.1 Å². The molecule has 0 aliphatic carbocycles. The summed E-state index contributed by atoms with van der Waals surface area (Å²) < 4.78 is 5.51. The van der Waals surface area contributed by atoms with E-state index in [2.05, 4.69) is 0 Å². The number of likely N-dealkylation sites (tertiary alicyclic amines) is 1. The molecule has 0 radical (unpaired) electrons. The van der Waals surface area contributed by atoms with Crippen LogP contribution in [0.4, 0.5) is 4.79 Å². The van der Waals surface area contributed by atoms with Crippen LogP contribution in [-0.2, 0) is 16.1 Å². The third-order valence-electron chi connectivity index (χ3n) is 4.77. The van der Waals surface area contributed by atoms with Crippen LogP contribution in [0.25, 0.3) is 0 Å². The van der Waals surface area contributed by atoms with Gasteiger partial charge in [-0.3, -0.25) is 4.79 Å². The van der Waals surface area contributed by atoms with Gasteiger partial charge in [-0.15, -0.1) is 0 Å². The summed E-state index contributed by atoms with van der Waals surface area (Å²) in [6, 6.07) is 9.11. The minimum atomic E-state index is -0.542. The molecular weight excluding hydrogens is 330 g/mol. The summed E-state index contributed by atoms with van der Waals surface area (Å²) >= 11 is 0. The number of amides is 2. The van der Waals surface area contributed by atoms with E-state index in [0.717, 1.165) is 24.8 Å². The van der Waals surface area contributed by atoms with Crippen molar-refractivity contribution in [3.63, 3.8) is 0 Å². The summed E-state index contributed by atoms with van der Waals surface area (Å²) in [6.07, 6.45) is 2.57. The van der Waals surface area contributed by atoms with E-state index in [9.17, 15) is 9.59 Å². The minimum absolute atomic E-state index is 0.0304. The molecular formula is C20H31N3O3. The number of hydrogen-bond donors (Lipinski definition) is 1. The van der Waals surface area contributed by atoms with Crippen molar-refractivity contribution < 1.29 is 14.3 Å². The maximum Gasteiger partial charge on any atom is 0.410 e. The van der Waals surface area contributed by atoms with Crippen LogP contribution in [0.15, 0.2) is 30.3 Å². The maximum absolute atomic E-state index is 12.6. The first-order chi connectivity index (χ1) is 12.4. The molecule has 0 saturated carbocycles. The molecule has 0 aromatic heterocycles. The highest BCUT2D eigenvalue weighted by atomic mass is 16.6. The van der Waals surface area contributed by atoms with Crippen molar-refractivity contribution in [3.05, 3.63) is 35.9 Å². The van der Waals surface area contributed by atoms with Crippen molar-refractivity contribution in [2.75, 3.05) is 13.1 Å². The molecule has 144 valence electrons. The van der Waals surface area contributed by atoms with Gasteiger partial charge >= 0.3 is 6.09 Å². The molecule has 1 aromatic rings. The van der Waals surface area contributed by atoms with E-state index in [1.165, 1.54) is 0 Å². The van der Waals surface area contributed by atoms with Gasteiger partial charge in [0.2, 0.25) is 5.91 Å². The largest absolute Gasteiger partial charge is 0.445 e. The lowest BCUT2D eigenvalue weighted by molar-refractivity contribution is -0.135. The molecule has 6 heteroatoms. The average Bonchev–Trinajstić information content (AvgIpc) is 2.64. The summed E-state index contributed by atoms with van der Waals surface area (Å²) in [5, 5.41) is 0. The van der Waals surface area contributed by atoms with Crippen molar-refractivity contribution >= 4 is 12.0 Å². The standard InChI is InChI=1S/C20H31N3O3/c1-15(2)23(19(24)16(3)21)13-18-11-7-8-12-22(18)20(25)26-14-17-9-5-4-6-10-17/h4-6,9-10,15-16,18H,7-8,11-14,21H2,1-3H3/t16-,18?/m0/s1. The molecule has 1 saturated heterocycles. The first-order valence-electron chi connectivity index (χ1n) is 9.43. The van der Waals surface area contributed by atoms with E-state index in [1.807, 2.05) is 44.2 Å². The minimum Gasteiger partial charge on any atom is -0.445 e. The van der Waals surface area contributed by atoms with Crippen LogP contribution in [0.1, 0.15) is 45.6 Å². The number of carbonyl (C=O) groups is 2. The fourth-order valence-corrected chi connectivity index (χ4v) is 3.28. The highest BCUT2D eigenvalue weighted by Crippen LogP contribution is 2.21. The number of benzene rings is 1. The van der Waals surface area contributed by atoms with Crippen molar-refractivity contribution in [1.29, 1.82) is 0 Å². The smallest absolute Gasteiger partial charge is 0.410 e. The quantitative estimate of drug-likeness (QED) is 0.845. The zero-order chi connectivity index (χ0) is 19.1. The van der Waals surface area contributed by atoms with Gasteiger partial charge in [-0.1, -0.05) is 30.3 Å².